The Morgan fingerprint density at radius 2 is 1.92 bits per heavy atom. The first-order chi connectivity index (χ1) is 11.6. The van der Waals surface area contributed by atoms with Crippen LogP contribution in [0.2, 0.25) is 0 Å². The van der Waals surface area contributed by atoms with Crippen molar-refractivity contribution < 1.29 is 36.5 Å². The number of aliphatic carboxylic acids is 1. The van der Waals surface area contributed by atoms with Gasteiger partial charge in [-0.3, -0.25) is 4.79 Å². The molecule has 0 aliphatic carbocycles. The van der Waals surface area contributed by atoms with Crippen LogP contribution in [0.25, 0.3) is 0 Å². The predicted molar refractivity (Wildman–Crippen MR) is 89.3 cm³/mol. The molecule has 0 aliphatic rings. The SMILES string of the molecule is COc1cc(OC)[n+](S(=O)(=O)N(C)C)c(SC(C(=O)O)C(C)OC)n1. The molecule has 0 amide bonds. The fraction of sp³-hybridized carbons (Fsp3) is 0.615. The second-order valence-electron chi connectivity index (χ2n) is 5.00. The second-order valence-corrected chi connectivity index (χ2v) is 8.10. The molecule has 0 aliphatic heterocycles. The molecule has 12 heteroatoms. The lowest BCUT2D eigenvalue weighted by molar-refractivity contribution is -0.572. The molecule has 0 fully saturated rings. The van der Waals surface area contributed by atoms with Crippen LogP contribution in [0.15, 0.2) is 11.2 Å². The number of carboxylic acid groups (broad SMARTS) is 1. The van der Waals surface area contributed by atoms with E-state index in [1.807, 2.05) is 0 Å². The van der Waals surface area contributed by atoms with Crippen molar-refractivity contribution >= 4 is 27.9 Å². The van der Waals surface area contributed by atoms with Crippen molar-refractivity contribution in [2.45, 2.75) is 23.4 Å². The average Bonchev–Trinajstić information content (AvgIpc) is 2.57. The summed E-state index contributed by atoms with van der Waals surface area (Å²) < 4.78 is 42.4. The van der Waals surface area contributed by atoms with Gasteiger partial charge in [-0.25, -0.2) is 0 Å². The van der Waals surface area contributed by atoms with E-state index >= 15 is 0 Å². The van der Waals surface area contributed by atoms with Crippen molar-refractivity contribution in [1.82, 2.24) is 9.29 Å². The highest BCUT2D eigenvalue weighted by Crippen LogP contribution is 2.27. The van der Waals surface area contributed by atoms with Gasteiger partial charge >= 0.3 is 33.1 Å². The minimum Gasteiger partial charge on any atom is -0.480 e. The highest BCUT2D eigenvalue weighted by Gasteiger charge is 2.39. The van der Waals surface area contributed by atoms with E-state index < -0.39 is 27.5 Å². The predicted octanol–water partition coefficient (Wildman–Crippen LogP) is -0.379. The van der Waals surface area contributed by atoms with E-state index in [1.54, 1.807) is 6.92 Å². The lowest BCUT2D eigenvalue weighted by Gasteiger charge is -2.18. The number of methoxy groups -OCH3 is 3. The molecule has 0 saturated carbocycles. The largest absolute Gasteiger partial charge is 0.480 e. The van der Waals surface area contributed by atoms with Crippen molar-refractivity contribution in [3.8, 4) is 11.8 Å². The number of thioether (sulfide) groups is 1. The van der Waals surface area contributed by atoms with Gasteiger partial charge in [-0.15, -0.1) is 0 Å². The zero-order valence-electron chi connectivity index (χ0n) is 14.8. The molecule has 1 aromatic rings. The van der Waals surface area contributed by atoms with E-state index in [9.17, 15) is 18.3 Å². The monoisotopic (exact) mass is 396 g/mol. The second kappa shape index (κ2) is 8.65. The molecule has 10 nitrogen and oxygen atoms in total. The number of hydrogen-bond acceptors (Lipinski definition) is 8. The first kappa shape index (κ1) is 21.4. The molecule has 0 radical (unpaired) electrons. The molecule has 1 N–H and O–H groups in total. The summed E-state index contributed by atoms with van der Waals surface area (Å²) in [6, 6.07) is 1.29. The van der Waals surface area contributed by atoms with Crippen molar-refractivity contribution in [2.24, 2.45) is 0 Å². The average molecular weight is 396 g/mol. The molecule has 0 spiro atoms. The maximum atomic E-state index is 12.7. The van der Waals surface area contributed by atoms with Gasteiger partial charge in [-0.1, -0.05) is 3.97 Å². The Morgan fingerprint density at radius 1 is 1.32 bits per heavy atom. The minimum atomic E-state index is -4.03. The standard InChI is InChI=1S/C13H21N3O7S2/c1-8(21-4)11(12(17)18)24-13-14-9(22-5)7-10(23-6)16(13)25(19,20)15(2)3/h7-8,11H,1-6H3/p+1. The fourth-order valence-corrected chi connectivity index (χ4v) is 4.00. The van der Waals surface area contributed by atoms with Crippen LogP contribution in [-0.4, -0.2) is 75.6 Å². The molecule has 25 heavy (non-hydrogen) atoms. The van der Waals surface area contributed by atoms with E-state index in [2.05, 4.69) is 4.98 Å². The summed E-state index contributed by atoms with van der Waals surface area (Å²) in [4.78, 5) is 15.6. The Kier molecular flexibility index (Phi) is 7.41. The fourth-order valence-electron chi connectivity index (χ4n) is 1.71. The van der Waals surface area contributed by atoms with E-state index in [4.69, 9.17) is 14.2 Å². The van der Waals surface area contributed by atoms with Crippen LogP contribution in [0, 0.1) is 0 Å². The first-order valence-electron chi connectivity index (χ1n) is 7.00. The minimum absolute atomic E-state index is 0.0720. The highest BCUT2D eigenvalue weighted by atomic mass is 32.2. The van der Waals surface area contributed by atoms with E-state index in [1.165, 1.54) is 41.5 Å². The smallest absolute Gasteiger partial charge is 0.383 e. The number of rotatable bonds is 9. The van der Waals surface area contributed by atoms with Crippen LogP contribution >= 0.6 is 11.8 Å². The van der Waals surface area contributed by atoms with E-state index in [-0.39, 0.29) is 16.9 Å². The van der Waals surface area contributed by atoms with Crippen molar-refractivity contribution in [1.29, 1.82) is 0 Å². The number of carbonyl (C=O) groups is 1. The maximum Gasteiger partial charge on any atom is 0.383 e. The zero-order valence-corrected chi connectivity index (χ0v) is 16.4. The summed E-state index contributed by atoms with van der Waals surface area (Å²) in [6.07, 6.45) is -0.697. The number of ether oxygens (including phenoxy) is 3. The van der Waals surface area contributed by atoms with Crippen LogP contribution in [0.5, 0.6) is 11.8 Å². The van der Waals surface area contributed by atoms with Crippen LogP contribution in [0.4, 0.5) is 0 Å². The topological polar surface area (TPSA) is 119 Å². The molecule has 2 atom stereocenters. The van der Waals surface area contributed by atoms with Gasteiger partial charge in [-0.05, 0) is 18.7 Å². The van der Waals surface area contributed by atoms with Crippen LogP contribution in [0.3, 0.4) is 0 Å². The Balaban J connectivity index is 3.63. The van der Waals surface area contributed by atoms with Crippen LogP contribution in [0.1, 0.15) is 6.92 Å². The molecule has 0 bridgehead atoms. The van der Waals surface area contributed by atoms with Gasteiger partial charge in [0.15, 0.2) is 0 Å². The molecule has 142 valence electrons. The summed E-state index contributed by atoms with van der Waals surface area (Å²) in [5.74, 6) is -1.16. The first-order valence-corrected chi connectivity index (χ1v) is 9.28. The molecule has 0 saturated heterocycles. The highest BCUT2D eigenvalue weighted by molar-refractivity contribution is 8.00. The van der Waals surface area contributed by atoms with Gasteiger partial charge < -0.3 is 19.3 Å². The third kappa shape index (κ3) is 4.71. The molecule has 1 aromatic heterocycles. The van der Waals surface area contributed by atoms with Crippen molar-refractivity contribution in [3.05, 3.63) is 6.07 Å². The lowest BCUT2D eigenvalue weighted by Crippen LogP contribution is -2.53. The van der Waals surface area contributed by atoms with Gasteiger partial charge in [0.2, 0.25) is 0 Å². The van der Waals surface area contributed by atoms with Gasteiger partial charge in [0, 0.05) is 26.2 Å². The molecule has 0 aromatic carbocycles. The number of aromatic nitrogens is 2. The maximum absolute atomic E-state index is 12.7. The Hall–Kier alpha value is -1.63. The summed E-state index contributed by atoms with van der Waals surface area (Å²) >= 11 is 0.721. The van der Waals surface area contributed by atoms with E-state index in [0.717, 1.165) is 20.0 Å². The summed E-state index contributed by atoms with van der Waals surface area (Å²) in [6.45, 7) is 1.56. The molecular weight excluding hydrogens is 374 g/mol. The summed E-state index contributed by atoms with van der Waals surface area (Å²) in [5, 5.41) is 8.21. The third-order valence-electron chi connectivity index (χ3n) is 3.21. The zero-order chi connectivity index (χ0) is 19.4. The van der Waals surface area contributed by atoms with Gasteiger partial charge in [0.25, 0.3) is 0 Å². The summed E-state index contributed by atoms with van der Waals surface area (Å²) in [5.41, 5.74) is 0. The molecule has 1 heterocycles. The van der Waals surface area contributed by atoms with Gasteiger partial charge in [0.1, 0.15) is 11.3 Å². The quantitative estimate of drug-likeness (QED) is 0.338. The Labute approximate surface area is 150 Å². The van der Waals surface area contributed by atoms with Gasteiger partial charge in [0.05, 0.1) is 20.3 Å². The lowest BCUT2D eigenvalue weighted by atomic mass is 10.3. The van der Waals surface area contributed by atoms with E-state index in [0.29, 0.717) is 0 Å². The molecule has 1 rings (SSSR count). The van der Waals surface area contributed by atoms with Crippen LogP contribution in [-0.2, 0) is 19.7 Å². The normalized spacial score (nSPS) is 14.2. The van der Waals surface area contributed by atoms with Crippen LogP contribution < -0.4 is 13.4 Å². The van der Waals surface area contributed by atoms with Gasteiger partial charge in [-0.2, -0.15) is 12.7 Å². The number of nitrogens with zero attached hydrogens (tertiary/aromatic N) is 3. The van der Waals surface area contributed by atoms with Crippen molar-refractivity contribution in [2.75, 3.05) is 35.4 Å². The third-order valence-corrected chi connectivity index (χ3v) is 6.39. The number of hydrogen-bond donors (Lipinski definition) is 1. The Morgan fingerprint density at radius 3 is 2.32 bits per heavy atom. The molecular formula is C13H22N3O7S2+. The summed E-state index contributed by atoms with van der Waals surface area (Å²) in [7, 11) is 2.66. The Bertz CT molecular complexity index is 725. The molecule has 2 unspecified atom stereocenters. The van der Waals surface area contributed by atoms with Crippen molar-refractivity contribution in [3.63, 3.8) is 0 Å². The number of carboxylic acids is 1.